The van der Waals surface area contributed by atoms with Crippen LogP contribution in [0.3, 0.4) is 0 Å². The summed E-state index contributed by atoms with van der Waals surface area (Å²) in [5.74, 6) is 2.24. The van der Waals surface area contributed by atoms with Crippen LogP contribution in [-0.4, -0.2) is 24.8 Å². The lowest BCUT2D eigenvalue weighted by Gasteiger charge is -2.01. The fourth-order valence-electron chi connectivity index (χ4n) is 2.90. The summed E-state index contributed by atoms with van der Waals surface area (Å²) < 4.78 is 21.4. The molecule has 3 heterocycles. The van der Waals surface area contributed by atoms with Gasteiger partial charge in [-0.3, -0.25) is 4.99 Å². The maximum atomic E-state index is 9.56. The quantitative estimate of drug-likeness (QED) is 0.617. The van der Waals surface area contributed by atoms with Crippen molar-refractivity contribution in [3.8, 4) is 40.3 Å². The average molecular weight is 391 g/mol. The number of rotatable bonds is 4. The molecule has 0 bridgehead atoms. The van der Waals surface area contributed by atoms with E-state index in [1.807, 2.05) is 29.6 Å². The number of nitriles is 1. The van der Waals surface area contributed by atoms with Gasteiger partial charge in [0, 0.05) is 23.2 Å². The summed E-state index contributed by atoms with van der Waals surface area (Å²) in [6, 6.07) is 13.3. The van der Waals surface area contributed by atoms with Gasteiger partial charge in [0.25, 0.3) is 0 Å². The molecule has 0 N–H and O–H groups in total. The van der Waals surface area contributed by atoms with E-state index in [4.69, 9.17) is 18.9 Å². The molecule has 2 aromatic carbocycles. The van der Waals surface area contributed by atoms with E-state index in [1.165, 1.54) is 11.3 Å². The van der Waals surface area contributed by atoms with Crippen LogP contribution in [0.15, 0.2) is 46.8 Å². The van der Waals surface area contributed by atoms with Gasteiger partial charge in [0.2, 0.25) is 13.6 Å². The molecule has 2 aliphatic rings. The Labute approximate surface area is 164 Å². The van der Waals surface area contributed by atoms with Gasteiger partial charge in [0.1, 0.15) is 10.9 Å². The second-order valence-electron chi connectivity index (χ2n) is 6.06. The number of ether oxygens (including phenoxy) is 4. The minimum absolute atomic E-state index is 0.213. The normalized spacial score (nSPS) is 15.0. The van der Waals surface area contributed by atoms with Gasteiger partial charge in [-0.15, -0.1) is 11.3 Å². The Morgan fingerprint density at radius 3 is 2.50 bits per heavy atom. The maximum Gasteiger partial charge on any atom is 0.231 e. The molecule has 7 nitrogen and oxygen atoms in total. The summed E-state index contributed by atoms with van der Waals surface area (Å²) in [6.07, 6.45) is 1.60. The number of nitrogens with zero attached hydrogens (tertiary/aromatic N) is 3. The summed E-state index contributed by atoms with van der Waals surface area (Å²) in [6.45, 7) is 0.443. The Hall–Kier alpha value is -3.57. The standard InChI is InChI=1S/C20H13N3O4S/c21-7-13(8-22-14-2-4-17-19(6-14)27-11-25-17)20-23-15(9-28-20)12-1-3-16-18(5-12)26-10-24-16/h1-6,8-9,13H,10-11H2. The molecule has 2 aliphatic heterocycles. The molecular weight excluding hydrogens is 378 g/mol. The highest BCUT2D eigenvalue weighted by Gasteiger charge is 2.18. The third-order valence-corrected chi connectivity index (χ3v) is 5.25. The van der Waals surface area contributed by atoms with Gasteiger partial charge < -0.3 is 18.9 Å². The molecule has 0 fully saturated rings. The van der Waals surface area contributed by atoms with E-state index in [0.29, 0.717) is 27.9 Å². The van der Waals surface area contributed by atoms with Crippen LogP contribution in [0.25, 0.3) is 11.3 Å². The lowest BCUT2D eigenvalue weighted by Crippen LogP contribution is -1.96. The SMILES string of the molecule is N#CC(C=Nc1ccc2c(c1)OCO2)c1nc(-c2ccc3c(c2)OCO3)cs1. The molecule has 0 radical (unpaired) electrons. The van der Waals surface area contributed by atoms with Gasteiger partial charge >= 0.3 is 0 Å². The largest absolute Gasteiger partial charge is 0.454 e. The topological polar surface area (TPSA) is 86.0 Å². The zero-order valence-corrected chi connectivity index (χ0v) is 15.3. The lowest BCUT2D eigenvalue weighted by molar-refractivity contribution is 0.173. The summed E-state index contributed by atoms with van der Waals surface area (Å²) in [5, 5.41) is 12.2. The van der Waals surface area contributed by atoms with E-state index in [0.717, 1.165) is 17.0 Å². The van der Waals surface area contributed by atoms with Crippen molar-refractivity contribution in [1.82, 2.24) is 4.98 Å². The predicted octanol–water partition coefficient (Wildman–Crippen LogP) is 4.28. The molecule has 0 saturated carbocycles. The summed E-state index contributed by atoms with van der Waals surface area (Å²) in [5.41, 5.74) is 2.39. The van der Waals surface area contributed by atoms with E-state index < -0.39 is 5.92 Å². The third kappa shape index (κ3) is 3.02. The number of hydrogen-bond donors (Lipinski definition) is 0. The zero-order chi connectivity index (χ0) is 18.9. The highest BCUT2D eigenvalue weighted by atomic mass is 32.1. The first-order valence-corrected chi connectivity index (χ1v) is 9.37. The van der Waals surface area contributed by atoms with Crippen molar-refractivity contribution >= 4 is 23.2 Å². The van der Waals surface area contributed by atoms with Crippen LogP contribution >= 0.6 is 11.3 Å². The van der Waals surface area contributed by atoms with Crippen molar-refractivity contribution in [2.75, 3.05) is 13.6 Å². The highest BCUT2D eigenvalue weighted by Crippen LogP contribution is 2.37. The molecule has 28 heavy (non-hydrogen) atoms. The van der Waals surface area contributed by atoms with E-state index in [1.54, 1.807) is 18.3 Å². The van der Waals surface area contributed by atoms with Gasteiger partial charge in [-0.1, -0.05) is 0 Å². The van der Waals surface area contributed by atoms with E-state index >= 15 is 0 Å². The Morgan fingerprint density at radius 1 is 1.00 bits per heavy atom. The maximum absolute atomic E-state index is 9.56. The van der Waals surface area contributed by atoms with Crippen molar-refractivity contribution in [2.45, 2.75) is 5.92 Å². The highest BCUT2D eigenvalue weighted by molar-refractivity contribution is 7.10. The van der Waals surface area contributed by atoms with E-state index in [9.17, 15) is 5.26 Å². The van der Waals surface area contributed by atoms with Crippen molar-refractivity contribution in [3.05, 3.63) is 46.8 Å². The molecule has 8 heteroatoms. The number of aliphatic imine (C=N–C) groups is 1. The molecule has 5 rings (SSSR count). The Bertz CT molecular complexity index is 1120. The molecule has 0 saturated heterocycles. The fourth-order valence-corrected chi connectivity index (χ4v) is 3.73. The minimum atomic E-state index is -0.543. The van der Waals surface area contributed by atoms with E-state index in [-0.39, 0.29) is 13.6 Å². The van der Waals surface area contributed by atoms with E-state index in [2.05, 4.69) is 16.0 Å². The fraction of sp³-hybridized carbons (Fsp3) is 0.150. The molecule has 1 atom stereocenters. The molecule has 3 aromatic rings. The van der Waals surface area contributed by atoms with Crippen molar-refractivity contribution in [1.29, 1.82) is 5.26 Å². The third-order valence-electron chi connectivity index (χ3n) is 4.32. The van der Waals surface area contributed by atoms with Gasteiger partial charge in [0.05, 0.1) is 17.5 Å². The van der Waals surface area contributed by atoms with Gasteiger partial charge in [-0.2, -0.15) is 5.26 Å². The van der Waals surface area contributed by atoms with Gasteiger partial charge in [0.15, 0.2) is 23.0 Å². The number of hydrogen-bond acceptors (Lipinski definition) is 8. The number of aromatic nitrogens is 1. The second kappa shape index (κ2) is 6.87. The number of benzene rings is 2. The molecule has 1 aromatic heterocycles. The molecule has 0 amide bonds. The van der Waals surface area contributed by atoms with Crippen molar-refractivity contribution in [2.24, 2.45) is 4.99 Å². The minimum Gasteiger partial charge on any atom is -0.454 e. The average Bonchev–Trinajstić information content (AvgIpc) is 3.47. The van der Waals surface area contributed by atoms with Crippen molar-refractivity contribution < 1.29 is 18.9 Å². The second-order valence-corrected chi connectivity index (χ2v) is 6.95. The smallest absolute Gasteiger partial charge is 0.231 e. The van der Waals surface area contributed by atoms with Crippen LogP contribution in [-0.2, 0) is 0 Å². The summed E-state index contributed by atoms with van der Waals surface area (Å²) in [4.78, 5) is 9.02. The van der Waals surface area contributed by atoms with Crippen molar-refractivity contribution in [3.63, 3.8) is 0 Å². The van der Waals surface area contributed by atoms with Gasteiger partial charge in [-0.05, 0) is 30.3 Å². The number of thiazole rings is 1. The van der Waals surface area contributed by atoms with Crippen LogP contribution in [0, 0.1) is 11.3 Å². The first kappa shape index (κ1) is 16.6. The molecule has 0 spiro atoms. The monoisotopic (exact) mass is 391 g/mol. The van der Waals surface area contributed by atoms with Crippen LogP contribution in [0.1, 0.15) is 10.9 Å². The Balaban J connectivity index is 1.37. The lowest BCUT2D eigenvalue weighted by atomic mass is 10.1. The Morgan fingerprint density at radius 2 is 1.71 bits per heavy atom. The first-order valence-electron chi connectivity index (χ1n) is 8.49. The number of fused-ring (bicyclic) bond motifs is 2. The zero-order valence-electron chi connectivity index (χ0n) is 14.5. The predicted molar refractivity (Wildman–Crippen MR) is 103 cm³/mol. The molecule has 1 unspecified atom stereocenters. The first-order chi connectivity index (χ1) is 13.8. The van der Waals surface area contributed by atoms with Crippen LogP contribution in [0.5, 0.6) is 23.0 Å². The van der Waals surface area contributed by atoms with Crippen LogP contribution in [0.4, 0.5) is 5.69 Å². The molecule has 0 aliphatic carbocycles. The Kier molecular flexibility index (Phi) is 4.07. The molecule has 138 valence electrons. The van der Waals surface area contributed by atoms with Crippen LogP contribution in [0.2, 0.25) is 0 Å². The van der Waals surface area contributed by atoms with Gasteiger partial charge in [-0.25, -0.2) is 4.98 Å². The van der Waals surface area contributed by atoms with Crippen LogP contribution < -0.4 is 18.9 Å². The molecular formula is C20H13N3O4S. The summed E-state index contributed by atoms with van der Waals surface area (Å²) in [7, 11) is 0. The summed E-state index contributed by atoms with van der Waals surface area (Å²) >= 11 is 1.42.